The molecule has 0 aliphatic heterocycles. The average molecular weight is 320 g/mol. The number of aromatic nitrogens is 1. The Kier molecular flexibility index (Phi) is 6.05. The molecule has 0 saturated heterocycles. The van der Waals surface area contributed by atoms with Gasteiger partial charge in [0.2, 0.25) is 6.10 Å². The number of nitrogens with one attached hydrogen (secondary N) is 1. The van der Waals surface area contributed by atoms with Crippen LogP contribution in [0.3, 0.4) is 0 Å². The van der Waals surface area contributed by atoms with Gasteiger partial charge in [0.15, 0.2) is 0 Å². The second kappa shape index (κ2) is 8.26. The van der Waals surface area contributed by atoms with Crippen molar-refractivity contribution in [3.05, 3.63) is 52.5 Å². The van der Waals surface area contributed by atoms with Gasteiger partial charge in [-0.1, -0.05) is 12.1 Å². The van der Waals surface area contributed by atoms with Crippen molar-refractivity contribution in [2.75, 3.05) is 20.3 Å². The maximum Gasteiger partial charge on any atom is 0.349 e. The molecular formula is C15H16N2O4S. The fraction of sp³-hybridized carbons (Fsp3) is 0.267. The summed E-state index contributed by atoms with van der Waals surface area (Å²) < 4.78 is 10.2. The Bertz CT molecular complexity index is 601. The number of nitrogens with zero attached hydrogens (tertiary/aromatic N) is 1. The minimum absolute atomic E-state index is 0.336. The Balaban J connectivity index is 2.11. The standard InChI is InChI=1S/C15H16N2O4S/c1-20-8-7-17-14(18)13(11-4-2-6-16-10-11)21-15(19)12-5-3-9-22-12/h2-6,9-10,13H,7-8H2,1H3,(H,17,18). The molecule has 116 valence electrons. The van der Waals surface area contributed by atoms with E-state index in [4.69, 9.17) is 9.47 Å². The molecule has 1 N–H and O–H groups in total. The zero-order chi connectivity index (χ0) is 15.8. The minimum atomic E-state index is -1.04. The number of carbonyl (C=O) groups is 2. The monoisotopic (exact) mass is 320 g/mol. The van der Waals surface area contributed by atoms with E-state index in [0.717, 1.165) is 0 Å². The molecule has 0 bridgehead atoms. The Morgan fingerprint density at radius 3 is 2.86 bits per heavy atom. The fourth-order valence-electron chi connectivity index (χ4n) is 1.73. The number of hydrogen-bond acceptors (Lipinski definition) is 6. The molecule has 2 aromatic heterocycles. The third-order valence-corrected chi connectivity index (χ3v) is 3.63. The van der Waals surface area contributed by atoms with Crippen molar-refractivity contribution in [2.24, 2.45) is 0 Å². The summed E-state index contributed by atoms with van der Waals surface area (Å²) in [6.45, 7) is 0.715. The van der Waals surface area contributed by atoms with Crippen LogP contribution in [0.25, 0.3) is 0 Å². The highest BCUT2D eigenvalue weighted by atomic mass is 32.1. The summed E-state index contributed by atoms with van der Waals surface area (Å²) >= 11 is 1.26. The van der Waals surface area contributed by atoms with E-state index < -0.39 is 18.0 Å². The van der Waals surface area contributed by atoms with Crippen LogP contribution in [0, 0.1) is 0 Å². The van der Waals surface area contributed by atoms with Crippen LogP contribution in [0.4, 0.5) is 0 Å². The number of esters is 1. The first-order chi connectivity index (χ1) is 10.7. The molecular weight excluding hydrogens is 304 g/mol. The lowest BCUT2D eigenvalue weighted by Gasteiger charge is -2.17. The maximum atomic E-state index is 12.3. The molecule has 0 radical (unpaired) electrons. The highest BCUT2D eigenvalue weighted by Gasteiger charge is 2.26. The van der Waals surface area contributed by atoms with Crippen molar-refractivity contribution < 1.29 is 19.1 Å². The summed E-state index contributed by atoms with van der Waals surface area (Å²) in [5, 5.41) is 4.44. The molecule has 2 aromatic rings. The summed E-state index contributed by atoms with van der Waals surface area (Å²) in [4.78, 5) is 28.7. The molecule has 1 atom stereocenters. The van der Waals surface area contributed by atoms with E-state index in [0.29, 0.717) is 23.6 Å². The number of hydrogen-bond donors (Lipinski definition) is 1. The molecule has 2 rings (SSSR count). The van der Waals surface area contributed by atoms with Gasteiger partial charge in [0, 0.05) is 31.6 Å². The minimum Gasteiger partial charge on any atom is -0.443 e. The van der Waals surface area contributed by atoms with Gasteiger partial charge in [-0.05, 0) is 17.5 Å². The van der Waals surface area contributed by atoms with Crippen LogP contribution in [-0.2, 0) is 14.3 Å². The van der Waals surface area contributed by atoms with Crippen molar-refractivity contribution in [2.45, 2.75) is 6.10 Å². The van der Waals surface area contributed by atoms with Gasteiger partial charge < -0.3 is 14.8 Å². The summed E-state index contributed by atoms with van der Waals surface area (Å²) in [5.41, 5.74) is 0.516. The molecule has 22 heavy (non-hydrogen) atoms. The van der Waals surface area contributed by atoms with E-state index in [1.807, 2.05) is 0 Å². The number of amides is 1. The van der Waals surface area contributed by atoms with Crippen LogP contribution < -0.4 is 5.32 Å². The highest BCUT2D eigenvalue weighted by Crippen LogP contribution is 2.20. The summed E-state index contributed by atoms with van der Waals surface area (Å²) in [5.74, 6) is -0.944. The largest absolute Gasteiger partial charge is 0.443 e. The lowest BCUT2D eigenvalue weighted by atomic mass is 10.1. The van der Waals surface area contributed by atoms with Crippen LogP contribution in [0.2, 0.25) is 0 Å². The summed E-state index contributed by atoms with van der Waals surface area (Å²) in [6, 6.07) is 6.77. The third-order valence-electron chi connectivity index (χ3n) is 2.78. The predicted molar refractivity (Wildman–Crippen MR) is 81.6 cm³/mol. The van der Waals surface area contributed by atoms with Crippen molar-refractivity contribution in [1.29, 1.82) is 0 Å². The van der Waals surface area contributed by atoms with Gasteiger partial charge >= 0.3 is 5.97 Å². The molecule has 1 unspecified atom stereocenters. The van der Waals surface area contributed by atoms with Crippen LogP contribution in [0.5, 0.6) is 0 Å². The van der Waals surface area contributed by atoms with E-state index in [1.165, 1.54) is 17.5 Å². The second-order valence-electron chi connectivity index (χ2n) is 4.33. The molecule has 0 aromatic carbocycles. The molecule has 2 heterocycles. The normalized spacial score (nSPS) is 11.7. The van der Waals surface area contributed by atoms with Gasteiger partial charge in [-0.15, -0.1) is 11.3 Å². The topological polar surface area (TPSA) is 77.5 Å². The quantitative estimate of drug-likeness (QED) is 0.622. The molecule has 0 aliphatic carbocycles. The van der Waals surface area contributed by atoms with Crippen molar-refractivity contribution >= 4 is 23.2 Å². The Labute approximate surface area is 132 Å². The smallest absolute Gasteiger partial charge is 0.349 e. The van der Waals surface area contributed by atoms with Crippen LogP contribution >= 0.6 is 11.3 Å². The molecule has 0 spiro atoms. The van der Waals surface area contributed by atoms with Crippen LogP contribution in [0.1, 0.15) is 21.3 Å². The molecule has 0 fully saturated rings. The first-order valence-corrected chi connectivity index (χ1v) is 7.51. The predicted octanol–water partition coefficient (Wildman–Crippen LogP) is 1.80. The van der Waals surface area contributed by atoms with Gasteiger partial charge in [0.1, 0.15) is 4.88 Å². The molecule has 0 saturated carbocycles. The van der Waals surface area contributed by atoms with Gasteiger partial charge in [-0.3, -0.25) is 9.78 Å². The van der Waals surface area contributed by atoms with E-state index in [1.54, 1.807) is 43.0 Å². The Morgan fingerprint density at radius 2 is 2.23 bits per heavy atom. The summed E-state index contributed by atoms with van der Waals surface area (Å²) in [6.07, 6.45) is 2.05. The van der Waals surface area contributed by atoms with Gasteiger partial charge in [-0.2, -0.15) is 0 Å². The zero-order valence-corrected chi connectivity index (χ0v) is 12.8. The van der Waals surface area contributed by atoms with Crippen LogP contribution in [-0.4, -0.2) is 37.1 Å². The van der Waals surface area contributed by atoms with Crippen molar-refractivity contribution in [1.82, 2.24) is 10.3 Å². The van der Waals surface area contributed by atoms with E-state index in [2.05, 4.69) is 10.3 Å². The number of thiophene rings is 1. The average Bonchev–Trinajstić information content (AvgIpc) is 3.08. The third kappa shape index (κ3) is 4.37. The van der Waals surface area contributed by atoms with E-state index in [9.17, 15) is 9.59 Å². The van der Waals surface area contributed by atoms with Gasteiger partial charge in [0.05, 0.1) is 6.61 Å². The molecule has 1 amide bonds. The van der Waals surface area contributed by atoms with E-state index in [-0.39, 0.29) is 0 Å². The number of carbonyl (C=O) groups excluding carboxylic acids is 2. The highest BCUT2D eigenvalue weighted by molar-refractivity contribution is 7.11. The Hall–Kier alpha value is -2.25. The molecule has 0 aliphatic rings. The van der Waals surface area contributed by atoms with Gasteiger partial charge in [-0.25, -0.2) is 4.79 Å². The lowest BCUT2D eigenvalue weighted by molar-refractivity contribution is -0.130. The summed E-state index contributed by atoms with van der Waals surface area (Å²) in [7, 11) is 1.54. The van der Waals surface area contributed by atoms with Crippen molar-refractivity contribution in [3.8, 4) is 0 Å². The number of rotatable bonds is 7. The van der Waals surface area contributed by atoms with Gasteiger partial charge in [0.25, 0.3) is 5.91 Å². The first kappa shape index (κ1) is 16.1. The van der Waals surface area contributed by atoms with Crippen molar-refractivity contribution in [3.63, 3.8) is 0 Å². The number of methoxy groups -OCH3 is 1. The van der Waals surface area contributed by atoms with E-state index >= 15 is 0 Å². The number of ether oxygens (including phenoxy) is 2. The molecule has 6 nitrogen and oxygen atoms in total. The first-order valence-electron chi connectivity index (χ1n) is 6.63. The van der Waals surface area contributed by atoms with Crippen LogP contribution in [0.15, 0.2) is 42.0 Å². The molecule has 7 heteroatoms. The second-order valence-corrected chi connectivity index (χ2v) is 5.28. The fourth-order valence-corrected chi connectivity index (χ4v) is 2.34. The zero-order valence-electron chi connectivity index (χ0n) is 12.0. The maximum absolute atomic E-state index is 12.3. The SMILES string of the molecule is COCCNC(=O)C(OC(=O)c1cccs1)c1cccnc1. The Morgan fingerprint density at radius 1 is 1.36 bits per heavy atom. The number of pyridine rings is 1. The lowest BCUT2D eigenvalue weighted by Crippen LogP contribution is -2.34.